The van der Waals surface area contributed by atoms with E-state index in [0.717, 1.165) is 0 Å². The van der Waals surface area contributed by atoms with E-state index < -0.39 is 11.9 Å². The van der Waals surface area contributed by atoms with Crippen molar-refractivity contribution in [3.8, 4) is 11.5 Å². The highest BCUT2D eigenvalue weighted by molar-refractivity contribution is 6.07. The maximum Gasteiger partial charge on any atom is 0.344 e. The molecule has 0 fully saturated rings. The third-order valence-corrected chi connectivity index (χ3v) is 4.92. The van der Waals surface area contributed by atoms with E-state index in [9.17, 15) is 19.2 Å². The number of benzene rings is 3. The highest BCUT2D eigenvalue weighted by Crippen LogP contribution is 2.20. The van der Waals surface area contributed by atoms with E-state index in [-0.39, 0.29) is 38.2 Å². The van der Waals surface area contributed by atoms with Crippen LogP contribution in [-0.4, -0.2) is 50.2 Å². The average molecular weight is 521 g/mol. The van der Waals surface area contributed by atoms with E-state index in [1.807, 2.05) is 0 Å². The fourth-order valence-corrected chi connectivity index (χ4v) is 3.20. The van der Waals surface area contributed by atoms with Gasteiger partial charge in [-0.25, -0.2) is 9.59 Å². The quantitative estimate of drug-likeness (QED) is 0.342. The van der Waals surface area contributed by atoms with Gasteiger partial charge in [0.15, 0.2) is 13.2 Å². The molecule has 0 unspecified atom stereocenters. The summed E-state index contributed by atoms with van der Waals surface area (Å²) >= 11 is 0. The molecule has 0 aliphatic heterocycles. The summed E-state index contributed by atoms with van der Waals surface area (Å²) in [5, 5.41) is 5.50. The van der Waals surface area contributed by atoms with Crippen LogP contribution in [0, 0.1) is 0 Å². The fraction of sp³-hybridized carbons (Fsp3) is 0.214. The Bertz CT molecular complexity index is 1180. The van der Waals surface area contributed by atoms with Crippen LogP contribution >= 0.6 is 0 Å². The highest BCUT2D eigenvalue weighted by Gasteiger charge is 2.12. The van der Waals surface area contributed by atoms with Crippen LogP contribution in [-0.2, 0) is 19.1 Å². The zero-order chi connectivity index (χ0) is 27.3. The maximum atomic E-state index is 12.7. The molecule has 198 valence electrons. The van der Waals surface area contributed by atoms with Crippen molar-refractivity contribution in [3.63, 3.8) is 0 Å². The van der Waals surface area contributed by atoms with Gasteiger partial charge in [-0.1, -0.05) is 12.1 Å². The van der Waals surface area contributed by atoms with Crippen molar-refractivity contribution >= 4 is 35.1 Å². The van der Waals surface area contributed by atoms with Gasteiger partial charge in [0, 0.05) is 34.6 Å². The molecule has 0 saturated carbocycles. The van der Waals surface area contributed by atoms with Crippen molar-refractivity contribution < 1.29 is 38.1 Å². The molecule has 2 N–H and O–H groups in total. The van der Waals surface area contributed by atoms with Crippen molar-refractivity contribution in [2.75, 3.05) is 37.1 Å². The Morgan fingerprint density at radius 2 is 1.00 bits per heavy atom. The molecule has 0 bridgehead atoms. The normalized spacial score (nSPS) is 10.2. The van der Waals surface area contributed by atoms with E-state index in [1.165, 1.54) is 24.3 Å². The first-order chi connectivity index (χ1) is 18.4. The Morgan fingerprint density at radius 3 is 1.37 bits per heavy atom. The molecule has 0 saturated heterocycles. The van der Waals surface area contributed by atoms with Crippen molar-refractivity contribution in [1.29, 1.82) is 0 Å². The van der Waals surface area contributed by atoms with Gasteiger partial charge in [-0.2, -0.15) is 0 Å². The predicted octanol–water partition coefficient (Wildman–Crippen LogP) is 4.08. The molecule has 0 atom stereocenters. The number of carbonyl (C=O) groups is 4. The second kappa shape index (κ2) is 14.0. The van der Waals surface area contributed by atoms with Gasteiger partial charge in [0.05, 0.1) is 13.2 Å². The van der Waals surface area contributed by atoms with Crippen LogP contribution < -0.4 is 20.1 Å². The van der Waals surface area contributed by atoms with E-state index in [0.29, 0.717) is 34.0 Å². The molecule has 38 heavy (non-hydrogen) atoms. The third kappa shape index (κ3) is 8.66. The second-order valence-electron chi connectivity index (χ2n) is 7.73. The molecule has 3 aromatic rings. The van der Waals surface area contributed by atoms with Crippen LogP contribution in [0.15, 0.2) is 72.8 Å². The summed E-state index contributed by atoms with van der Waals surface area (Å²) in [6.45, 7) is 3.47. The van der Waals surface area contributed by atoms with Crippen LogP contribution in [0.5, 0.6) is 11.5 Å². The summed E-state index contributed by atoms with van der Waals surface area (Å²) in [5.74, 6) is -0.935. The first-order valence-corrected chi connectivity index (χ1v) is 11.9. The van der Waals surface area contributed by atoms with Crippen LogP contribution in [0.2, 0.25) is 0 Å². The minimum atomic E-state index is -0.485. The summed E-state index contributed by atoms with van der Waals surface area (Å²) in [7, 11) is 0. The van der Waals surface area contributed by atoms with Crippen molar-refractivity contribution in [3.05, 3.63) is 83.9 Å². The van der Waals surface area contributed by atoms with Crippen LogP contribution in [0.3, 0.4) is 0 Å². The van der Waals surface area contributed by atoms with E-state index in [4.69, 9.17) is 18.9 Å². The lowest BCUT2D eigenvalue weighted by atomic mass is 10.1. The van der Waals surface area contributed by atoms with Gasteiger partial charge in [0.2, 0.25) is 0 Å². The molecule has 3 aromatic carbocycles. The molecule has 10 heteroatoms. The van der Waals surface area contributed by atoms with E-state index >= 15 is 0 Å². The third-order valence-electron chi connectivity index (χ3n) is 4.92. The van der Waals surface area contributed by atoms with Crippen molar-refractivity contribution in [2.24, 2.45) is 0 Å². The van der Waals surface area contributed by atoms with Crippen LogP contribution in [0.1, 0.15) is 34.6 Å². The molecule has 0 radical (unpaired) electrons. The first kappa shape index (κ1) is 27.7. The smallest absolute Gasteiger partial charge is 0.344 e. The monoisotopic (exact) mass is 520 g/mol. The molecule has 0 spiro atoms. The molecule has 2 amide bonds. The van der Waals surface area contributed by atoms with Gasteiger partial charge in [-0.15, -0.1) is 0 Å². The molecule has 0 aliphatic carbocycles. The number of hydrogen-bond acceptors (Lipinski definition) is 8. The summed E-state index contributed by atoms with van der Waals surface area (Å²) in [6, 6.07) is 19.3. The maximum absolute atomic E-state index is 12.7. The van der Waals surface area contributed by atoms with Crippen LogP contribution in [0.4, 0.5) is 11.4 Å². The summed E-state index contributed by atoms with van der Waals surface area (Å²) in [6.07, 6.45) is 0. The Balaban J connectivity index is 1.55. The lowest BCUT2D eigenvalue weighted by molar-refractivity contribution is -0.146. The van der Waals surface area contributed by atoms with Crippen LogP contribution in [0.25, 0.3) is 0 Å². The SMILES string of the molecule is CCOC(=O)COc1cccc(NC(=O)c2ccc(C(=O)Nc3cccc(OCC(=O)OCC)c3)cc2)c1. The molecular formula is C28H28N2O8. The van der Waals surface area contributed by atoms with Gasteiger partial charge in [-0.05, 0) is 62.4 Å². The number of hydrogen-bond donors (Lipinski definition) is 2. The number of anilines is 2. The molecule has 3 rings (SSSR count). The molecule has 0 heterocycles. The highest BCUT2D eigenvalue weighted by atomic mass is 16.6. The Hall–Kier alpha value is -4.86. The van der Waals surface area contributed by atoms with Crippen molar-refractivity contribution in [2.45, 2.75) is 13.8 Å². The lowest BCUT2D eigenvalue weighted by Gasteiger charge is -2.10. The fourth-order valence-electron chi connectivity index (χ4n) is 3.20. The number of carbonyl (C=O) groups excluding carboxylic acids is 4. The average Bonchev–Trinajstić information content (AvgIpc) is 2.91. The molecular weight excluding hydrogens is 492 g/mol. The number of rotatable bonds is 12. The number of ether oxygens (including phenoxy) is 4. The van der Waals surface area contributed by atoms with Gasteiger partial charge >= 0.3 is 11.9 Å². The van der Waals surface area contributed by atoms with E-state index in [1.54, 1.807) is 62.4 Å². The summed E-state index contributed by atoms with van der Waals surface area (Å²) < 4.78 is 20.4. The minimum Gasteiger partial charge on any atom is -0.482 e. The lowest BCUT2D eigenvalue weighted by Crippen LogP contribution is -2.16. The molecule has 10 nitrogen and oxygen atoms in total. The standard InChI is InChI=1S/C28H28N2O8/c1-3-35-25(31)17-37-23-9-5-7-21(15-23)29-27(33)19-11-13-20(14-12-19)28(34)30-22-8-6-10-24(16-22)38-18-26(32)36-4-2/h5-16H,3-4,17-18H2,1-2H3,(H,29,33)(H,30,34). The second-order valence-corrected chi connectivity index (χ2v) is 7.73. The zero-order valence-electron chi connectivity index (χ0n) is 21.0. The Labute approximate surface area is 219 Å². The summed E-state index contributed by atoms with van der Waals surface area (Å²) in [5.41, 5.74) is 1.63. The first-order valence-electron chi connectivity index (χ1n) is 11.9. The van der Waals surface area contributed by atoms with Crippen molar-refractivity contribution in [1.82, 2.24) is 0 Å². The van der Waals surface area contributed by atoms with E-state index in [2.05, 4.69) is 10.6 Å². The Kier molecular flexibility index (Phi) is 10.2. The molecule has 0 aromatic heterocycles. The Morgan fingerprint density at radius 1 is 0.605 bits per heavy atom. The summed E-state index contributed by atoms with van der Waals surface area (Å²) in [4.78, 5) is 48.2. The number of nitrogens with one attached hydrogen (secondary N) is 2. The molecule has 0 aliphatic rings. The number of esters is 2. The largest absolute Gasteiger partial charge is 0.482 e. The van der Waals surface area contributed by atoms with Gasteiger partial charge in [0.25, 0.3) is 11.8 Å². The zero-order valence-corrected chi connectivity index (χ0v) is 21.0. The van der Waals surface area contributed by atoms with Gasteiger partial charge < -0.3 is 29.6 Å². The number of amides is 2. The minimum absolute atomic E-state index is 0.236. The topological polar surface area (TPSA) is 129 Å². The van der Waals surface area contributed by atoms with Gasteiger partial charge in [-0.3, -0.25) is 9.59 Å². The predicted molar refractivity (Wildman–Crippen MR) is 139 cm³/mol. The van der Waals surface area contributed by atoms with Gasteiger partial charge in [0.1, 0.15) is 11.5 Å².